The van der Waals surface area contributed by atoms with Gasteiger partial charge in [0.05, 0.1) is 5.76 Å². The molecular formula is C19H16BrClO2. The fourth-order valence-electron chi connectivity index (χ4n) is 2.94. The van der Waals surface area contributed by atoms with Gasteiger partial charge in [-0.1, -0.05) is 57.9 Å². The number of halogens is 2. The molecule has 1 aliphatic rings. The minimum Gasteiger partial charge on any atom is -0.512 e. The Kier molecular flexibility index (Phi) is 4.88. The van der Waals surface area contributed by atoms with Crippen molar-refractivity contribution in [1.82, 2.24) is 0 Å². The zero-order chi connectivity index (χ0) is 16.4. The maximum absolute atomic E-state index is 12.5. The highest BCUT2D eigenvalue weighted by Gasteiger charge is 2.28. The van der Waals surface area contributed by atoms with Crippen LogP contribution in [0.3, 0.4) is 0 Å². The third-order valence-corrected chi connectivity index (χ3v) is 5.25. The monoisotopic (exact) mass is 390 g/mol. The summed E-state index contributed by atoms with van der Waals surface area (Å²) < 4.78 is 0.952. The van der Waals surface area contributed by atoms with Gasteiger partial charge >= 0.3 is 0 Å². The molecular weight excluding hydrogens is 376 g/mol. The molecule has 2 nitrogen and oxygen atoms in total. The summed E-state index contributed by atoms with van der Waals surface area (Å²) >= 11 is 9.40. The first kappa shape index (κ1) is 16.3. The number of aliphatic hydroxyl groups excluding tert-OH is 1. The van der Waals surface area contributed by atoms with Crippen LogP contribution in [-0.2, 0) is 11.2 Å². The van der Waals surface area contributed by atoms with E-state index in [0.717, 1.165) is 15.6 Å². The van der Waals surface area contributed by atoms with Crippen molar-refractivity contribution in [3.8, 4) is 0 Å². The molecule has 0 heterocycles. The summed E-state index contributed by atoms with van der Waals surface area (Å²) in [6.45, 7) is 0. The van der Waals surface area contributed by atoms with E-state index in [-0.39, 0.29) is 17.5 Å². The van der Waals surface area contributed by atoms with Crippen LogP contribution in [0, 0.1) is 0 Å². The van der Waals surface area contributed by atoms with Gasteiger partial charge in [-0.3, -0.25) is 4.79 Å². The van der Waals surface area contributed by atoms with E-state index in [2.05, 4.69) is 15.9 Å². The molecule has 3 rings (SSSR count). The van der Waals surface area contributed by atoms with E-state index < -0.39 is 0 Å². The van der Waals surface area contributed by atoms with Crippen molar-refractivity contribution >= 4 is 33.3 Å². The lowest BCUT2D eigenvalue weighted by Crippen LogP contribution is -2.20. The third kappa shape index (κ3) is 3.67. The van der Waals surface area contributed by atoms with Gasteiger partial charge in [0.2, 0.25) is 0 Å². The van der Waals surface area contributed by atoms with Gasteiger partial charge in [-0.25, -0.2) is 0 Å². The lowest BCUT2D eigenvalue weighted by atomic mass is 9.81. The Balaban J connectivity index is 1.83. The third-order valence-electron chi connectivity index (χ3n) is 4.22. The molecule has 0 aromatic heterocycles. The molecule has 2 aromatic rings. The standard InChI is InChI=1S/C19H16BrClO2/c20-17-4-2-1-3-13(17)9-16-18(22)10-14(11-19(16)23)12-5-7-15(21)8-6-12/h1-8,14,22H,9-11H2. The Morgan fingerprint density at radius 3 is 2.43 bits per heavy atom. The number of carbonyl (C=O) groups is 1. The molecule has 0 amide bonds. The molecule has 1 atom stereocenters. The van der Waals surface area contributed by atoms with Crippen molar-refractivity contribution in [2.45, 2.75) is 25.2 Å². The first-order chi connectivity index (χ1) is 11.0. The van der Waals surface area contributed by atoms with E-state index in [9.17, 15) is 9.90 Å². The van der Waals surface area contributed by atoms with Crippen molar-refractivity contribution in [3.63, 3.8) is 0 Å². The predicted octanol–water partition coefficient (Wildman–Crippen LogP) is 5.60. The number of hydrogen-bond donors (Lipinski definition) is 1. The molecule has 1 N–H and O–H groups in total. The molecule has 4 heteroatoms. The molecule has 2 aromatic carbocycles. The predicted molar refractivity (Wildman–Crippen MR) is 95.9 cm³/mol. The summed E-state index contributed by atoms with van der Waals surface area (Å²) in [7, 11) is 0. The van der Waals surface area contributed by atoms with Crippen LogP contribution in [0.4, 0.5) is 0 Å². The minimum atomic E-state index is 0.0164. The van der Waals surface area contributed by atoms with Crippen molar-refractivity contribution in [2.75, 3.05) is 0 Å². The van der Waals surface area contributed by atoms with Crippen LogP contribution in [0.2, 0.25) is 5.02 Å². The van der Waals surface area contributed by atoms with Gasteiger partial charge in [-0.2, -0.15) is 0 Å². The van der Waals surface area contributed by atoms with Crippen molar-refractivity contribution < 1.29 is 9.90 Å². The maximum atomic E-state index is 12.5. The topological polar surface area (TPSA) is 37.3 Å². The van der Waals surface area contributed by atoms with Crippen LogP contribution in [0.25, 0.3) is 0 Å². The Morgan fingerprint density at radius 1 is 1.09 bits per heavy atom. The lowest BCUT2D eigenvalue weighted by molar-refractivity contribution is -0.116. The van der Waals surface area contributed by atoms with E-state index in [1.165, 1.54) is 0 Å². The first-order valence-electron chi connectivity index (χ1n) is 7.47. The second kappa shape index (κ2) is 6.90. The van der Waals surface area contributed by atoms with Gasteiger partial charge < -0.3 is 5.11 Å². The highest BCUT2D eigenvalue weighted by molar-refractivity contribution is 9.10. The second-order valence-corrected chi connectivity index (χ2v) is 7.06. The van der Waals surface area contributed by atoms with Crippen LogP contribution in [0.5, 0.6) is 0 Å². The number of aliphatic hydroxyl groups is 1. The Labute approximate surface area is 148 Å². The number of carbonyl (C=O) groups excluding carboxylic acids is 1. The minimum absolute atomic E-state index is 0.0164. The summed E-state index contributed by atoms with van der Waals surface area (Å²) in [6, 6.07) is 15.2. The van der Waals surface area contributed by atoms with Crippen molar-refractivity contribution in [2.24, 2.45) is 0 Å². The molecule has 0 bridgehead atoms. The van der Waals surface area contributed by atoms with Gasteiger partial charge in [0.25, 0.3) is 0 Å². The summed E-state index contributed by atoms with van der Waals surface area (Å²) in [5.41, 5.74) is 2.57. The number of allylic oxidation sites excluding steroid dienone is 2. The molecule has 118 valence electrons. The highest BCUT2D eigenvalue weighted by Crippen LogP contribution is 2.35. The quantitative estimate of drug-likeness (QED) is 0.739. The molecule has 0 fully saturated rings. The van der Waals surface area contributed by atoms with Crippen molar-refractivity contribution in [3.05, 3.63) is 80.5 Å². The second-order valence-electron chi connectivity index (χ2n) is 5.77. The lowest BCUT2D eigenvalue weighted by Gasteiger charge is -2.24. The number of benzene rings is 2. The van der Waals surface area contributed by atoms with Crippen LogP contribution in [0.15, 0.2) is 64.3 Å². The molecule has 0 radical (unpaired) electrons. The molecule has 0 aliphatic heterocycles. The van der Waals surface area contributed by atoms with E-state index in [4.69, 9.17) is 11.6 Å². The Bertz CT molecular complexity index is 765. The summed E-state index contributed by atoms with van der Waals surface area (Å²) in [5, 5.41) is 11.1. The zero-order valence-corrected chi connectivity index (χ0v) is 14.8. The molecule has 0 saturated heterocycles. The molecule has 0 saturated carbocycles. The van der Waals surface area contributed by atoms with Crippen molar-refractivity contribution in [1.29, 1.82) is 0 Å². The SMILES string of the molecule is O=C1CC(c2ccc(Cl)cc2)CC(O)=C1Cc1ccccc1Br. The van der Waals surface area contributed by atoms with Crippen LogP contribution < -0.4 is 0 Å². The molecule has 23 heavy (non-hydrogen) atoms. The summed E-state index contributed by atoms with van der Waals surface area (Å²) in [6.07, 6.45) is 1.37. The number of ketones is 1. The summed E-state index contributed by atoms with van der Waals surface area (Å²) in [5.74, 6) is 0.240. The van der Waals surface area contributed by atoms with Gasteiger partial charge in [0, 0.05) is 34.3 Å². The molecule has 0 spiro atoms. The van der Waals surface area contributed by atoms with Crippen LogP contribution in [-0.4, -0.2) is 10.9 Å². The number of hydrogen-bond acceptors (Lipinski definition) is 2. The Morgan fingerprint density at radius 2 is 1.78 bits per heavy atom. The highest BCUT2D eigenvalue weighted by atomic mass is 79.9. The average Bonchev–Trinajstić information content (AvgIpc) is 2.53. The van der Waals surface area contributed by atoms with Gasteiger partial charge in [0.15, 0.2) is 5.78 Å². The fourth-order valence-corrected chi connectivity index (χ4v) is 3.49. The number of Topliss-reactive ketones (excluding diaryl/α,β-unsaturated/α-hetero) is 1. The fraction of sp³-hybridized carbons (Fsp3) is 0.211. The largest absolute Gasteiger partial charge is 0.512 e. The van der Waals surface area contributed by atoms with Gasteiger partial charge in [0.1, 0.15) is 0 Å². The van der Waals surface area contributed by atoms with E-state index in [1.54, 1.807) is 0 Å². The summed E-state index contributed by atoms with van der Waals surface area (Å²) in [4.78, 5) is 12.5. The van der Waals surface area contributed by atoms with Crippen LogP contribution >= 0.6 is 27.5 Å². The van der Waals surface area contributed by atoms with E-state index in [0.29, 0.717) is 29.9 Å². The molecule has 1 unspecified atom stereocenters. The van der Waals surface area contributed by atoms with E-state index >= 15 is 0 Å². The normalized spacial score (nSPS) is 18.3. The number of rotatable bonds is 3. The Hall–Kier alpha value is -1.58. The van der Waals surface area contributed by atoms with Gasteiger partial charge in [-0.05, 0) is 35.2 Å². The molecule has 1 aliphatic carbocycles. The zero-order valence-electron chi connectivity index (χ0n) is 12.4. The first-order valence-corrected chi connectivity index (χ1v) is 8.64. The van der Waals surface area contributed by atoms with E-state index in [1.807, 2.05) is 48.5 Å². The van der Waals surface area contributed by atoms with Gasteiger partial charge in [-0.15, -0.1) is 0 Å². The smallest absolute Gasteiger partial charge is 0.163 e. The maximum Gasteiger partial charge on any atom is 0.163 e. The van der Waals surface area contributed by atoms with Crippen LogP contribution in [0.1, 0.15) is 29.9 Å². The average molecular weight is 392 g/mol.